The SMILES string of the molecule is Cc1ccc(CNC(=O)c2c(-c3ccc(Cl)cc3)nc3n2CCS3(=O)=O)cc1. The number of benzene rings is 2. The summed E-state index contributed by atoms with van der Waals surface area (Å²) < 4.78 is 26.1. The summed E-state index contributed by atoms with van der Waals surface area (Å²) in [6.45, 7) is 2.55. The normalized spacial score (nSPS) is 14.6. The molecule has 0 saturated heterocycles. The number of rotatable bonds is 4. The molecule has 3 aromatic rings. The minimum atomic E-state index is -3.48. The predicted molar refractivity (Wildman–Crippen MR) is 107 cm³/mol. The van der Waals surface area contributed by atoms with E-state index in [1.165, 1.54) is 4.57 Å². The van der Waals surface area contributed by atoms with E-state index in [2.05, 4.69) is 10.3 Å². The number of sulfone groups is 1. The highest BCUT2D eigenvalue weighted by Crippen LogP contribution is 2.31. The molecular formula is C20H18ClN3O3S. The first-order chi connectivity index (χ1) is 13.3. The summed E-state index contributed by atoms with van der Waals surface area (Å²) in [5.41, 5.74) is 3.34. The van der Waals surface area contributed by atoms with Gasteiger partial charge in [0.1, 0.15) is 11.4 Å². The fraction of sp³-hybridized carbons (Fsp3) is 0.200. The molecule has 6 nitrogen and oxygen atoms in total. The molecule has 28 heavy (non-hydrogen) atoms. The molecule has 4 rings (SSSR count). The Morgan fingerprint density at radius 2 is 1.82 bits per heavy atom. The Bertz CT molecular complexity index is 1150. The van der Waals surface area contributed by atoms with Crippen molar-refractivity contribution in [2.45, 2.75) is 25.2 Å². The Kier molecular flexibility index (Phi) is 4.72. The zero-order valence-corrected chi connectivity index (χ0v) is 16.7. The smallest absolute Gasteiger partial charge is 0.270 e. The lowest BCUT2D eigenvalue weighted by molar-refractivity contribution is 0.0942. The molecule has 0 unspecified atom stereocenters. The number of hydrogen-bond donors (Lipinski definition) is 1. The largest absolute Gasteiger partial charge is 0.347 e. The summed E-state index contributed by atoms with van der Waals surface area (Å²) in [7, 11) is -3.48. The molecule has 0 bridgehead atoms. The second kappa shape index (κ2) is 7.07. The molecule has 0 radical (unpaired) electrons. The topological polar surface area (TPSA) is 81.1 Å². The van der Waals surface area contributed by atoms with Gasteiger partial charge in [0, 0.05) is 23.7 Å². The van der Waals surface area contributed by atoms with Crippen LogP contribution in [-0.2, 0) is 22.9 Å². The van der Waals surface area contributed by atoms with Crippen LogP contribution in [0.25, 0.3) is 11.3 Å². The summed E-state index contributed by atoms with van der Waals surface area (Å²) in [5.74, 6) is -0.407. The molecule has 0 spiro atoms. The van der Waals surface area contributed by atoms with Crippen LogP contribution in [0.3, 0.4) is 0 Å². The molecule has 144 valence electrons. The Morgan fingerprint density at radius 3 is 2.50 bits per heavy atom. The number of hydrogen-bond acceptors (Lipinski definition) is 4. The first-order valence-electron chi connectivity index (χ1n) is 8.78. The maximum absolute atomic E-state index is 13.0. The number of aryl methyl sites for hydroxylation is 1. The van der Waals surface area contributed by atoms with Gasteiger partial charge in [0.15, 0.2) is 0 Å². The van der Waals surface area contributed by atoms with Gasteiger partial charge in [-0.15, -0.1) is 0 Å². The molecule has 0 fully saturated rings. The van der Waals surface area contributed by atoms with Crippen molar-refractivity contribution in [2.75, 3.05) is 5.75 Å². The van der Waals surface area contributed by atoms with E-state index in [9.17, 15) is 13.2 Å². The number of aromatic nitrogens is 2. The van der Waals surface area contributed by atoms with Crippen LogP contribution in [0.1, 0.15) is 21.6 Å². The van der Waals surface area contributed by atoms with Crippen molar-refractivity contribution in [3.05, 3.63) is 70.4 Å². The first-order valence-corrected chi connectivity index (χ1v) is 10.8. The van der Waals surface area contributed by atoms with E-state index < -0.39 is 9.84 Å². The maximum atomic E-state index is 13.0. The van der Waals surface area contributed by atoms with E-state index in [1.54, 1.807) is 24.3 Å². The lowest BCUT2D eigenvalue weighted by Gasteiger charge is -2.09. The molecule has 0 atom stereocenters. The number of carbonyl (C=O) groups is 1. The summed E-state index contributed by atoms with van der Waals surface area (Å²) >= 11 is 5.95. The van der Waals surface area contributed by atoms with Gasteiger partial charge in [-0.25, -0.2) is 13.4 Å². The summed E-state index contributed by atoms with van der Waals surface area (Å²) in [5, 5.41) is 3.37. The minimum Gasteiger partial charge on any atom is -0.347 e. The fourth-order valence-electron chi connectivity index (χ4n) is 3.19. The van der Waals surface area contributed by atoms with Gasteiger partial charge in [0.05, 0.1) is 5.75 Å². The molecule has 1 aliphatic rings. The van der Waals surface area contributed by atoms with E-state index in [4.69, 9.17) is 11.6 Å². The highest BCUT2D eigenvalue weighted by Gasteiger charge is 2.35. The highest BCUT2D eigenvalue weighted by molar-refractivity contribution is 7.91. The molecule has 8 heteroatoms. The Morgan fingerprint density at radius 1 is 1.14 bits per heavy atom. The predicted octanol–water partition coefficient (Wildman–Crippen LogP) is 3.23. The van der Waals surface area contributed by atoms with Gasteiger partial charge in [0.25, 0.3) is 5.91 Å². The van der Waals surface area contributed by atoms with Crippen molar-refractivity contribution in [3.8, 4) is 11.3 Å². The Balaban J connectivity index is 1.71. The van der Waals surface area contributed by atoms with Crippen LogP contribution >= 0.6 is 11.6 Å². The number of halogens is 1. The maximum Gasteiger partial charge on any atom is 0.270 e. The molecule has 1 amide bonds. The molecule has 1 aromatic heterocycles. The van der Waals surface area contributed by atoms with Crippen molar-refractivity contribution in [2.24, 2.45) is 0 Å². The van der Waals surface area contributed by atoms with E-state index in [0.717, 1.165) is 11.1 Å². The van der Waals surface area contributed by atoms with Gasteiger partial charge < -0.3 is 9.88 Å². The van der Waals surface area contributed by atoms with Crippen LogP contribution in [0.4, 0.5) is 0 Å². The minimum absolute atomic E-state index is 0.0471. The number of imidazole rings is 1. The van der Waals surface area contributed by atoms with Gasteiger partial charge in [-0.3, -0.25) is 4.79 Å². The van der Waals surface area contributed by atoms with Gasteiger partial charge in [-0.1, -0.05) is 53.6 Å². The third-order valence-electron chi connectivity index (χ3n) is 4.70. The zero-order chi connectivity index (χ0) is 19.9. The fourth-order valence-corrected chi connectivity index (χ4v) is 4.67. The Hall–Kier alpha value is -2.64. The van der Waals surface area contributed by atoms with E-state index in [0.29, 0.717) is 22.8 Å². The van der Waals surface area contributed by atoms with Crippen molar-refractivity contribution >= 4 is 27.3 Å². The Labute approximate surface area is 168 Å². The van der Waals surface area contributed by atoms with Crippen LogP contribution in [0, 0.1) is 6.92 Å². The molecule has 2 heterocycles. The first kappa shape index (κ1) is 18.7. The van der Waals surface area contributed by atoms with Crippen LogP contribution in [-0.4, -0.2) is 29.6 Å². The monoisotopic (exact) mass is 415 g/mol. The number of fused-ring (bicyclic) bond motifs is 1. The third-order valence-corrected chi connectivity index (χ3v) is 6.54. The average molecular weight is 416 g/mol. The van der Waals surface area contributed by atoms with Crippen molar-refractivity contribution in [1.82, 2.24) is 14.9 Å². The number of nitrogens with zero attached hydrogens (tertiary/aromatic N) is 2. The second-order valence-electron chi connectivity index (χ2n) is 6.74. The third kappa shape index (κ3) is 3.43. The molecular weight excluding hydrogens is 398 g/mol. The summed E-state index contributed by atoms with van der Waals surface area (Å²) in [6, 6.07) is 14.7. The van der Waals surface area contributed by atoms with Gasteiger partial charge >= 0.3 is 0 Å². The van der Waals surface area contributed by atoms with Crippen molar-refractivity contribution < 1.29 is 13.2 Å². The van der Waals surface area contributed by atoms with E-state index in [1.807, 2.05) is 31.2 Å². The molecule has 0 aliphatic carbocycles. The standard InChI is InChI=1S/C20H18ClN3O3S/c1-13-2-4-14(5-3-13)12-22-19(25)18-17(15-6-8-16(21)9-7-15)23-20-24(18)10-11-28(20,26)27/h2-9H,10-12H2,1H3,(H,22,25). The van der Waals surface area contributed by atoms with Gasteiger partial charge in [-0.05, 0) is 24.6 Å². The van der Waals surface area contributed by atoms with Crippen molar-refractivity contribution in [3.63, 3.8) is 0 Å². The number of nitrogens with one attached hydrogen (secondary N) is 1. The molecule has 1 aliphatic heterocycles. The zero-order valence-electron chi connectivity index (χ0n) is 15.1. The lowest BCUT2D eigenvalue weighted by Crippen LogP contribution is -2.26. The highest BCUT2D eigenvalue weighted by atomic mass is 35.5. The van der Waals surface area contributed by atoms with Gasteiger partial charge in [0.2, 0.25) is 15.0 Å². The van der Waals surface area contributed by atoms with Gasteiger partial charge in [-0.2, -0.15) is 0 Å². The van der Waals surface area contributed by atoms with E-state index >= 15 is 0 Å². The molecule has 1 N–H and O–H groups in total. The summed E-state index contributed by atoms with van der Waals surface area (Å²) in [6.07, 6.45) is 0. The summed E-state index contributed by atoms with van der Waals surface area (Å²) in [4.78, 5) is 17.3. The molecule has 2 aromatic carbocycles. The second-order valence-corrected chi connectivity index (χ2v) is 9.18. The van der Waals surface area contributed by atoms with Crippen LogP contribution in [0.15, 0.2) is 53.7 Å². The molecule has 0 saturated carbocycles. The van der Waals surface area contributed by atoms with E-state index in [-0.39, 0.29) is 29.1 Å². The van der Waals surface area contributed by atoms with Crippen LogP contribution in [0.2, 0.25) is 5.02 Å². The number of amides is 1. The average Bonchev–Trinajstić information content (AvgIpc) is 3.19. The lowest BCUT2D eigenvalue weighted by atomic mass is 10.1. The number of carbonyl (C=O) groups excluding carboxylic acids is 1. The van der Waals surface area contributed by atoms with Crippen LogP contribution < -0.4 is 5.32 Å². The van der Waals surface area contributed by atoms with Crippen molar-refractivity contribution in [1.29, 1.82) is 0 Å². The van der Waals surface area contributed by atoms with Crippen LogP contribution in [0.5, 0.6) is 0 Å². The quantitative estimate of drug-likeness (QED) is 0.709.